The molecule has 2 aliphatic carbocycles. The molecule has 0 aromatic heterocycles. The van der Waals surface area contributed by atoms with Crippen molar-refractivity contribution in [1.29, 1.82) is 0 Å². The first-order valence-corrected chi connectivity index (χ1v) is 8.32. The average molecular weight is 284 g/mol. The maximum atomic E-state index is 10.3. The van der Waals surface area contributed by atoms with Crippen LogP contribution in [0.2, 0.25) is 0 Å². The Hall–Kier alpha value is -1.24. The predicted molar refractivity (Wildman–Crippen MR) is 89.7 cm³/mol. The van der Waals surface area contributed by atoms with E-state index in [1.165, 1.54) is 30.4 Å². The quantitative estimate of drug-likeness (QED) is 0.709. The molecule has 1 fully saturated rings. The summed E-state index contributed by atoms with van der Waals surface area (Å²) in [6, 6.07) is 4.09. The number of rotatable bonds is 1. The molecule has 0 radical (unpaired) electrons. The predicted octanol–water partition coefficient (Wildman–Crippen LogP) is 5.63. The first kappa shape index (κ1) is 14.7. The van der Waals surface area contributed by atoms with Gasteiger partial charge in [-0.2, -0.15) is 0 Å². The molecule has 2 atom stereocenters. The van der Waals surface area contributed by atoms with Crippen LogP contribution in [-0.2, 0) is 5.41 Å². The van der Waals surface area contributed by atoms with Gasteiger partial charge in [0.2, 0.25) is 0 Å². The summed E-state index contributed by atoms with van der Waals surface area (Å²) in [4.78, 5) is 0. The highest BCUT2D eigenvalue weighted by atomic mass is 16.3. The Balaban J connectivity index is 2.22. The van der Waals surface area contributed by atoms with Crippen LogP contribution in [0.1, 0.15) is 76.5 Å². The van der Waals surface area contributed by atoms with Crippen molar-refractivity contribution < 1.29 is 5.11 Å². The fraction of sp³-hybridized carbons (Fsp3) is 0.600. The molecule has 0 unspecified atom stereocenters. The molecule has 1 aromatic carbocycles. The lowest BCUT2D eigenvalue weighted by molar-refractivity contribution is 0.0908. The van der Waals surface area contributed by atoms with Gasteiger partial charge >= 0.3 is 0 Å². The monoisotopic (exact) mass is 284 g/mol. The van der Waals surface area contributed by atoms with Crippen LogP contribution in [-0.4, -0.2) is 5.11 Å². The summed E-state index contributed by atoms with van der Waals surface area (Å²) >= 11 is 0. The third kappa shape index (κ3) is 2.05. The topological polar surface area (TPSA) is 20.2 Å². The molecule has 0 spiro atoms. The molecular formula is C20H28O. The van der Waals surface area contributed by atoms with Gasteiger partial charge in [0.1, 0.15) is 5.75 Å². The first-order valence-electron chi connectivity index (χ1n) is 8.32. The lowest BCUT2D eigenvalue weighted by Crippen LogP contribution is -2.45. The summed E-state index contributed by atoms with van der Waals surface area (Å²) in [6.45, 7) is 11.6. The van der Waals surface area contributed by atoms with Gasteiger partial charge in [-0.1, -0.05) is 59.3 Å². The van der Waals surface area contributed by atoms with Gasteiger partial charge in [0.25, 0.3) is 0 Å². The molecule has 114 valence electrons. The second-order valence-electron chi connectivity index (χ2n) is 8.21. The van der Waals surface area contributed by atoms with Gasteiger partial charge in [0, 0.05) is 5.56 Å². The van der Waals surface area contributed by atoms with E-state index in [2.05, 4.69) is 52.8 Å². The van der Waals surface area contributed by atoms with Crippen molar-refractivity contribution in [3.63, 3.8) is 0 Å². The molecule has 1 N–H and O–H groups in total. The van der Waals surface area contributed by atoms with E-state index in [1.807, 2.05) is 6.07 Å². The zero-order chi connectivity index (χ0) is 15.4. The lowest BCUT2D eigenvalue weighted by Gasteiger charge is -2.52. The maximum Gasteiger partial charge on any atom is 0.119 e. The molecule has 0 amide bonds. The highest BCUT2D eigenvalue weighted by Gasteiger charge is 2.48. The van der Waals surface area contributed by atoms with E-state index in [0.29, 0.717) is 23.0 Å². The molecular weight excluding hydrogens is 256 g/mol. The SMILES string of the molecule is CC(C)c1c(O)ccc2c1C=C[C@H]1C(C)(C)CCC[C@]21C. The van der Waals surface area contributed by atoms with E-state index >= 15 is 0 Å². The number of hydrogen-bond donors (Lipinski definition) is 1. The zero-order valence-corrected chi connectivity index (χ0v) is 14.0. The lowest BCUT2D eigenvalue weighted by atomic mass is 9.52. The summed E-state index contributed by atoms with van der Waals surface area (Å²) in [5, 5.41) is 10.3. The van der Waals surface area contributed by atoms with Crippen LogP contribution < -0.4 is 0 Å². The molecule has 2 aliphatic rings. The Labute approximate surface area is 129 Å². The smallest absolute Gasteiger partial charge is 0.119 e. The summed E-state index contributed by atoms with van der Waals surface area (Å²) in [5.74, 6) is 1.39. The van der Waals surface area contributed by atoms with E-state index < -0.39 is 0 Å². The van der Waals surface area contributed by atoms with Gasteiger partial charge in [-0.05, 0) is 52.7 Å². The van der Waals surface area contributed by atoms with E-state index in [-0.39, 0.29) is 5.41 Å². The van der Waals surface area contributed by atoms with E-state index in [1.54, 1.807) is 0 Å². The van der Waals surface area contributed by atoms with Crippen LogP contribution in [0.15, 0.2) is 18.2 Å². The van der Waals surface area contributed by atoms with Gasteiger partial charge in [0.05, 0.1) is 0 Å². The molecule has 1 saturated carbocycles. The Kier molecular flexibility index (Phi) is 3.24. The van der Waals surface area contributed by atoms with E-state index in [0.717, 1.165) is 5.56 Å². The Morgan fingerprint density at radius 1 is 1.14 bits per heavy atom. The second kappa shape index (κ2) is 4.63. The minimum atomic E-state index is 0.211. The molecule has 21 heavy (non-hydrogen) atoms. The number of hydrogen-bond acceptors (Lipinski definition) is 1. The fourth-order valence-corrected chi connectivity index (χ4v) is 4.96. The molecule has 1 aromatic rings. The van der Waals surface area contributed by atoms with Gasteiger partial charge < -0.3 is 5.11 Å². The minimum absolute atomic E-state index is 0.211. The van der Waals surface area contributed by atoms with Crippen molar-refractivity contribution in [2.45, 2.75) is 65.2 Å². The summed E-state index contributed by atoms with van der Waals surface area (Å²) < 4.78 is 0. The van der Waals surface area contributed by atoms with Gasteiger partial charge in [-0.15, -0.1) is 0 Å². The maximum absolute atomic E-state index is 10.3. The van der Waals surface area contributed by atoms with Crippen LogP contribution in [0.3, 0.4) is 0 Å². The van der Waals surface area contributed by atoms with Crippen LogP contribution in [0.25, 0.3) is 6.08 Å². The van der Waals surface area contributed by atoms with Gasteiger partial charge in [-0.25, -0.2) is 0 Å². The van der Waals surface area contributed by atoms with E-state index in [9.17, 15) is 5.11 Å². The van der Waals surface area contributed by atoms with Crippen molar-refractivity contribution in [3.8, 4) is 5.75 Å². The average Bonchev–Trinajstić information content (AvgIpc) is 2.36. The van der Waals surface area contributed by atoms with Crippen LogP contribution >= 0.6 is 0 Å². The molecule has 1 nitrogen and oxygen atoms in total. The minimum Gasteiger partial charge on any atom is -0.508 e. The van der Waals surface area contributed by atoms with E-state index in [4.69, 9.17) is 0 Å². The highest BCUT2D eigenvalue weighted by Crippen LogP contribution is 2.56. The number of phenolic OH excluding ortho intramolecular Hbond substituents is 1. The number of benzene rings is 1. The standard InChI is InChI=1S/C20H28O/c1-13(2)18-14-7-10-17-19(3,4)11-6-12-20(17,5)15(14)8-9-16(18)21/h7-10,13,17,21H,6,11-12H2,1-5H3/t17-,20+/m0/s1. The van der Waals surface area contributed by atoms with Crippen LogP contribution in [0, 0.1) is 11.3 Å². The molecule has 1 heteroatoms. The van der Waals surface area contributed by atoms with Crippen molar-refractivity contribution in [2.75, 3.05) is 0 Å². The zero-order valence-electron chi connectivity index (χ0n) is 14.0. The Morgan fingerprint density at radius 3 is 2.52 bits per heavy atom. The fourth-order valence-electron chi connectivity index (χ4n) is 4.96. The van der Waals surface area contributed by atoms with Crippen molar-refractivity contribution >= 4 is 6.08 Å². The molecule has 0 aliphatic heterocycles. The van der Waals surface area contributed by atoms with Crippen molar-refractivity contribution in [3.05, 3.63) is 34.9 Å². The Bertz CT molecular complexity index is 594. The van der Waals surface area contributed by atoms with Gasteiger partial charge in [0.15, 0.2) is 0 Å². The molecule has 0 saturated heterocycles. The second-order valence-corrected chi connectivity index (χ2v) is 8.21. The van der Waals surface area contributed by atoms with Crippen LogP contribution in [0.5, 0.6) is 5.75 Å². The molecule has 3 rings (SSSR count). The Morgan fingerprint density at radius 2 is 1.86 bits per heavy atom. The third-order valence-electron chi connectivity index (χ3n) is 5.96. The van der Waals surface area contributed by atoms with Crippen molar-refractivity contribution in [1.82, 2.24) is 0 Å². The largest absolute Gasteiger partial charge is 0.508 e. The van der Waals surface area contributed by atoms with Crippen molar-refractivity contribution in [2.24, 2.45) is 11.3 Å². The number of phenols is 1. The first-order chi connectivity index (χ1) is 9.77. The summed E-state index contributed by atoms with van der Waals surface area (Å²) in [7, 11) is 0. The highest BCUT2D eigenvalue weighted by molar-refractivity contribution is 5.67. The van der Waals surface area contributed by atoms with Crippen LogP contribution in [0.4, 0.5) is 0 Å². The number of allylic oxidation sites excluding steroid dienone is 1. The molecule has 0 bridgehead atoms. The number of fused-ring (bicyclic) bond motifs is 3. The summed E-state index contributed by atoms with van der Waals surface area (Å²) in [5.41, 5.74) is 4.41. The van der Waals surface area contributed by atoms with Gasteiger partial charge in [-0.3, -0.25) is 0 Å². The normalized spacial score (nSPS) is 30.1. The summed E-state index contributed by atoms with van der Waals surface area (Å²) in [6.07, 6.45) is 8.56. The molecule has 0 heterocycles. The number of aromatic hydroxyl groups is 1. The third-order valence-corrected chi connectivity index (χ3v) is 5.96.